The summed E-state index contributed by atoms with van der Waals surface area (Å²) in [4.78, 5) is 21.2. The molecule has 0 saturated heterocycles. The van der Waals surface area contributed by atoms with Crippen LogP contribution in [-0.4, -0.2) is 35.4 Å². The normalized spacial score (nSPS) is 12.2. The van der Waals surface area contributed by atoms with Crippen molar-refractivity contribution in [3.63, 3.8) is 0 Å². The van der Waals surface area contributed by atoms with Gasteiger partial charge in [-0.15, -0.1) is 0 Å². The van der Waals surface area contributed by atoms with E-state index in [0.29, 0.717) is 12.8 Å². The quantitative estimate of drug-likeness (QED) is 0.301. The first-order valence-corrected chi connectivity index (χ1v) is 10.0. The first kappa shape index (κ1) is 23.9. The summed E-state index contributed by atoms with van der Waals surface area (Å²) in [6.45, 7) is 0. The summed E-state index contributed by atoms with van der Waals surface area (Å²) in [6.07, 6.45) is 16.8. The largest absolute Gasteiger partial charge is 0.481 e. The molecule has 25 heavy (non-hydrogen) atoms. The standard InChI is InChI=1S/C20H38O5/c1-25-18(20(23)24)16-14-12-10-8-6-4-2-3-5-7-9-11-13-15-17-19(21)22/h18H,2-17H2,1H3,(H,21,22)(H,23,24). The minimum Gasteiger partial charge on any atom is -0.481 e. The van der Waals surface area contributed by atoms with E-state index in [0.717, 1.165) is 25.7 Å². The van der Waals surface area contributed by atoms with Gasteiger partial charge in [0.2, 0.25) is 0 Å². The molecule has 0 aromatic rings. The predicted molar refractivity (Wildman–Crippen MR) is 99.9 cm³/mol. The molecular weight excluding hydrogens is 320 g/mol. The highest BCUT2D eigenvalue weighted by atomic mass is 16.5. The predicted octanol–water partition coefficient (Wildman–Crippen LogP) is 5.41. The average molecular weight is 359 g/mol. The van der Waals surface area contributed by atoms with Crippen LogP contribution in [0.15, 0.2) is 0 Å². The Labute approximate surface area is 153 Å². The van der Waals surface area contributed by atoms with Crippen molar-refractivity contribution in [1.29, 1.82) is 0 Å². The van der Waals surface area contributed by atoms with Crippen molar-refractivity contribution in [2.75, 3.05) is 7.11 Å². The van der Waals surface area contributed by atoms with Crippen LogP contribution in [0.1, 0.15) is 103 Å². The molecule has 0 radical (unpaired) electrons. The number of rotatable bonds is 19. The highest BCUT2D eigenvalue weighted by molar-refractivity contribution is 5.72. The SMILES string of the molecule is COC(CCCCCCCCCCCCCCCCC(=O)O)C(=O)O. The first-order valence-electron chi connectivity index (χ1n) is 10.0. The van der Waals surface area contributed by atoms with Gasteiger partial charge in [-0.2, -0.15) is 0 Å². The maximum Gasteiger partial charge on any atom is 0.332 e. The highest BCUT2D eigenvalue weighted by Crippen LogP contribution is 2.14. The van der Waals surface area contributed by atoms with E-state index in [9.17, 15) is 9.59 Å². The van der Waals surface area contributed by atoms with E-state index in [1.165, 1.54) is 71.3 Å². The molecule has 148 valence electrons. The Kier molecular flexibility index (Phi) is 16.9. The topological polar surface area (TPSA) is 83.8 Å². The van der Waals surface area contributed by atoms with E-state index < -0.39 is 18.0 Å². The zero-order valence-electron chi connectivity index (χ0n) is 16.0. The molecule has 0 aromatic carbocycles. The van der Waals surface area contributed by atoms with Gasteiger partial charge >= 0.3 is 11.9 Å². The molecule has 0 rings (SSSR count). The maximum atomic E-state index is 10.8. The summed E-state index contributed by atoms with van der Waals surface area (Å²) < 4.78 is 4.92. The summed E-state index contributed by atoms with van der Waals surface area (Å²) in [5, 5.41) is 17.4. The van der Waals surface area contributed by atoms with E-state index in [4.69, 9.17) is 14.9 Å². The number of unbranched alkanes of at least 4 members (excludes halogenated alkanes) is 13. The van der Waals surface area contributed by atoms with Crippen LogP contribution in [0.4, 0.5) is 0 Å². The van der Waals surface area contributed by atoms with E-state index in [2.05, 4.69) is 0 Å². The smallest absolute Gasteiger partial charge is 0.332 e. The average Bonchev–Trinajstić information content (AvgIpc) is 2.57. The lowest BCUT2D eigenvalue weighted by molar-refractivity contribution is -0.148. The van der Waals surface area contributed by atoms with Gasteiger partial charge < -0.3 is 14.9 Å². The molecule has 1 unspecified atom stereocenters. The summed E-state index contributed by atoms with van der Waals surface area (Å²) >= 11 is 0. The second-order valence-corrected chi connectivity index (χ2v) is 6.94. The number of hydrogen-bond acceptors (Lipinski definition) is 3. The number of hydrogen-bond donors (Lipinski definition) is 2. The summed E-state index contributed by atoms with van der Waals surface area (Å²) in [5.74, 6) is -1.54. The zero-order chi connectivity index (χ0) is 18.8. The fourth-order valence-corrected chi connectivity index (χ4v) is 3.07. The van der Waals surface area contributed by atoms with E-state index >= 15 is 0 Å². The van der Waals surface area contributed by atoms with Crippen molar-refractivity contribution in [2.24, 2.45) is 0 Å². The van der Waals surface area contributed by atoms with Crippen molar-refractivity contribution in [2.45, 2.75) is 109 Å². The van der Waals surface area contributed by atoms with Crippen LogP contribution < -0.4 is 0 Å². The Morgan fingerprint density at radius 1 is 0.680 bits per heavy atom. The molecule has 0 aliphatic rings. The third kappa shape index (κ3) is 17.5. The summed E-state index contributed by atoms with van der Waals surface area (Å²) in [7, 11) is 1.46. The number of aliphatic carboxylic acids is 2. The Bertz CT molecular complexity index is 330. The van der Waals surface area contributed by atoms with Gasteiger partial charge in [-0.3, -0.25) is 4.79 Å². The lowest BCUT2D eigenvalue weighted by Gasteiger charge is -2.09. The molecule has 0 heterocycles. The molecule has 0 fully saturated rings. The van der Waals surface area contributed by atoms with Gasteiger partial charge in [0.05, 0.1) is 0 Å². The lowest BCUT2D eigenvalue weighted by Crippen LogP contribution is -2.21. The molecule has 0 saturated carbocycles. The molecular formula is C20H38O5. The van der Waals surface area contributed by atoms with Gasteiger partial charge in [-0.05, 0) is 12.8 Å². The van der Waals surface area contributed by atoms with Crippen molar-refractivity contribution in [3.8, 4) is 0 Å². The molecule has 1 atom stereocenters. The molecule has 5 heteroatoms. The van der Waals surface area contributed by atoms with Gasteiger partial charge in [0, 0.05) is 13.5 Å². The van der Waals surface area contributed by atoms with Crippen LogP contribution in [0.25, 0.3) is 0 Å². The fraction of sp³-hybridized carbons (Fsp3) is 0.900. The third-order valence-electron chi connectivity index (χ3n) is 4.67. The van der Waals surface area contributed by atoms with Crippen LogP contribution in [0.3, 0.4) is 0 Å². The second kappa shape index (κ2) is 17.7. The second-order valence-electron chi connectivity index (χ2n) is 6.94. The third-order valence-corrected chi connectivity index (χ3v) is 4.67. The van der Waals surface area contributed by atoms with Crippen LogP contribution in [0.5, 0.6) is 0 Å². The van der Waals surface area contributed by atoms with Gasteiger partial charge in [0.15, 0.2) is 6.10 Å². The number of carboxylic acid groups (broad SMARTS) is 2. The van der Waals surface area contributed by atoms with E-state index in [-0.39, 0.29) is 0 Å². The Balaban J connectivity index is 3.14. The first-order chi connectivity index (χ1) is 12.1. The summed E-state index contributed by atoms with van der Waals surface area (Å²) in [6, 6.07) is 0. The molecule has 0 spiro atoms. The van der Waals surface area contributed by atoms with Gasteiger partial charge in [0.1, 0.15) is 0 Å². The van der Waals surface area contributed by atoms with Gasteiger partial charge in [-0.1, -0.05) is 83.5 Å². The van der Waals surface area contributed by atoms with Gasteiger partial charge in [-0.25, -0.2) is 4.79 Å². The van der Waals surface area contributed by atoms with Crippen LogP contribution >= 0.6 is 0 Å². The molecule has 0 aliphatic heterocycles. The maximum absolute atomic E-state index is 10.8. The van der Waals surface area contributed by atoms with Crippen LogP contribution in [-0.2, 0) is 14.3 Å². The number of carbonyl (C=O) groups is 2. The number of methoxy groups -OCH3 is 1. The molecule has 0 aliphatic carbocycles. The van der Waals surface area contributed by atoms with Gasteiger partial charge in [0.25, 0.3) is 0 Å². The minimum absolute atomic E-state index is 0.312. The molecule has 5 nitrogen and oxygen atoms in total. The van der Waals surface area contributed by atoms with E-state index in [1.807, 2.05) is 0 Å². The monoisotopic (exact) mass is 358 g/mol. The van der Waals surface area contributed by atoms with Crippen molar-refractivity contribution in [3.05, 3.63) is 0 Å². The molecule has 2 N–H and O–H groups in total. The Morgan fingerprint density at radius 3 is 1.36 bits per heavy atom. The summed E-state index contributed by atoms with van der Waals surface area (Å²) in [5.41, 5.74) is 0. The van der Waals surface area contributed by atoms with Crippen LogP contribution in [0.2, 0.25) is 0 Å². The number of carboxylic acids is 2. The van der Waals surface area contributed by atoms with Crippen molar-refractivity contribution in [1.82, 2.24) is 0 Å². The molecule has 0 aromatic heterocycles. The molecule has 0 bridgehead atoms. The van der Waals surface area contributed by atoms with Crippen molar-refractivity contribution < 1.29 is 24.5 Å². The Hall–Kier alpha value is -1.10. The van der Waals surface area contributed by atoms with E-state index in [1.54, 1.807) is 0 Å². The zero-order valence-corrected chi connectivity index (χ0v) is 16.0. The fourth-order valence-electron chi connectivity index (χ4n) is 3.07. The molecule has 0 amide bonds. The minimum atomic E-state index is -0.859. The number of ether oxygens (including phenoxy) is 1. The van der Waals surface area contributed by atoms with Crippen LogP contribution in [0, 0.1) is 0 Å². The van der Waals surface area contributed by atoms with Crippen molar-refractivity contribution >= 4 is 11.9 Å². The Morgan fingerprint density at radius 2 is 1.04 bits per heavy atom. The lowest BCUT2D eigenvalue weighted by atomic mass is 10.0. The highest BCUT2D eigenvalue weighted by Gasteiger charge is 2.14.